The molecule has 5 rings (SSSR count). The molecule has 0 amide bonds. The number of hydrogen-bond acceptors (Lipinski definition) is 2. The van der Waals surface area contributed by atoms with E-state index in [0.29, 0.717) is 17.8 Å². The third-order valence-electron chi connectivity index (χ3n) is 12.5. The number of rotatable bonds is 1. The minimum absolute atomic E-state index is 0.0422. The lowest BCUT2D eigenvalue weighted by Gasteiger charge is -2.70. The Morgan fingerprint density at radius 2 is 1.76 bits per heavy atom. The molecule has 5 aliphatic carbocycles. The Bertz CT molecular complexity index is 916. The minimum atomic E-state index is -0.783. The molecule has 3 heteroatoms. The summed E-state index contributed by atoms with van der Waals surface area (Å²) in [6, 6.07) is 0. The van der Waals surface area contributed by atoms with E-state index in [1.807, 2.05) is 0 Å². The van der Waals surface area contributed by atoms with Gasteiger partial charge in [-0.1, -0.05) is 65.3 Å². The molecule has 0 aromatic heterocycles. The zero-order valence-corrected chi connectivity index (χ0v) is 21.8. The molecule has 0 saturated heterocycles. The molecule has 2 N–H and O–H groups in total. The SMILES string of the molecule is C=C1CC(C)(C)CC2C3=CCC4C5(C)CCC(O)C(C)C5CCC4(C)C3(C)CCC12C(=O)O. The maximum Gasteiger partial charge on any atom is 0.314 e. The molecule has 0 radical (unpaired) electrons. The summed E-state index contributed by atoms with van der Waals surface area (Å²) in [4.78, 5) is 12.9. The van der Waals surface area contributed by atoms with Gasteiger partial charge in [0, 0.05) is 5.92 Å². The first kappa shape index (κ1) is 23.6. The Hall–Kier alpha value is -1.09. The van der Waals surface area contributed by atoms with E-state index in [4.69, 9.17) is 0 Å². The molecule has 0 aromatic carbocycles. The molecule has 0 heterocycles. The topological polar surface area (TPSA) is 57.5 Å². The molecule has 0 spiro atoms. The van der Waals surface area contributed by atoms with Crippen molar-refractivity contribution in [2.24, 2.45) is 50.7 Å². The Labute approximate surface area is 201 Å². The molecule has 184 valence electrons. The van der Waals surface area contributed by atoms with Crippen molar-refractivity contribution in [3.8, 4) is 0 Å². The van der Waals surface area contributed by atoms with Crippen molar-refractivity contribution in [2.45, 2.75) is 105 Å². The molecule has 9 atom stereocenters. The largest absolute Gasteiger partial charge is 0.481 e. The summed E-state index contributed by atoms with van der Waals surface area (Å²) in [5.41, 5.74) is 2.20. The Balaban J connectivity index is 1.61. The Morgan fingerprint density at radius 1 is 1.06 bits per heavy atom. The second kappa shape index (κ2) is 6.99. The number of aliphatic carboxylic acids is 1. The third-order valence-corrected chi connectivity index (χ3v) is 12.5. The average Bonchev–Trinajstić information content (AvgIpc) is 2.70. The van der Waals surface area contributed by atoms with Crippen LogP contribution in [0.15, 0.2) is 23.8 Å². The monoisotopic (exact) mass is 454 g/mol. The zero-order chi connectivity index (χ0) is 24.2. The lowest BCUT2D eigenvalue weighted by atomic mass is 9.34. The third kappa shape index (κ3) is 2.81. The molecule has 4 fully saturated rings. The van der Waals surface area contributed by atoms with Crippen LogP contribution in [0.4, 0.5) is 0 Å². The first-order valence-corrected chi connectivity index (χ1v) is 13.5. The van der Waals surface area contributed by atoms with Gasteiger partial charge in [-0.05, 0) is 97.2 Å². The molecule has 0 aliphatic heterocycles. The number of fused-ring (bicyclic) bond motifs is 7. The van der Waals surface area contributed by atoms with E-state index in [-0.39, 0.29) is 33.7 Å². The van der Waals surface area contributed by atoms with Crippen LogP contribution in [0.1, 0.15) is 99.3 Å². The van der Waals surface area contributed by atoms with E-state index in [1.54, 1.807) is 0 Å². The van der Waals surface area contributed by atoms with Gasteiger partial charge in [0.15, 0.2) is 0 Å². The highest BCUT2D eigenvalue weighted by Gasteiger charge is 2.68. The maximum absolute atomic E-state index is 12.9. The highest BCUT2D eigenvalue weighted by Crippen LogP contribution is 2.75. The molecule has 9 unspecified atom stereocenters. The number of aliphatic hydroxyl groups excluding tert-OH is 1. The second-order valence-corrected chi connectivity index (χ2v) is 14.3. The number of carbonyl (C=O) groups is 1. The minimum Gasteiger partial charge on any atom is -0.481 e. The van der Waals surface area contributed by atoms with Crippen LogP contribution < -0.4 is 0 Å². The molecular weight excluding hydrogens is 408 g/mol. The maximum atomic E-state index is 12.9. The molecule has 0 bridgehead atoms. The zero-order valence-electron chi connectivity index (χ0n) is 21.8. The van der Waals surface area contributed by atoms with Crippen molar-refractivity contribution in [3.05, 3.63) is 23.8 Å². The van der Waals surface area contributed by atoms with Gasteiger partial charge in [-0.2, -0.15) is 0 Å². The van der Waals surface area contributed by atoms with Crippen LogP contribution in [0.2, 0.25) is 0 Å². The Morgan fingerprint density at radius 3 is 2.42 bits per heavy atom. The van der Waals surface area contributed by atoms with Crippen molar-refractivity contribution in [2.75, 3.05) is 0 Å². The van der Waals surface area contributed by atoms with Crippen molar-refractivity contribution in [1.82, 2.24) is 0 Å². The number of carboxylic acid groups (broad SMARTS) is 1. The van der Waals surface area contributed by atoms with Crippen LogP contribution in [0, 0.1) is 50.7 Å². The van der Waals surface area contributed by atoms with E-state index < -0.39 is 11.4 Å². The van der Waals surface area contributed by atoms with Crippen LogP contribution in [-0.2, 0) is 4.79 Å². The van der Waals surface area contributed by atoms with Crippen molar-refractivity contribution >= 4 is 5.97 Å². The van der Waals surface area contributed by atoms with Crippen LogP contribution in [0.25, 0.3) is 0 Å². The highest BCUT2D eigenvalue weighted by atomic mass is 16.4. The van der Waals surface area contributed by atoms with Crippen LogP contribution in [-0.4, -0.2) is 22.3 Å². The van der Waals surface area contributed by atoms with E-state index in [9.17, 15) is 15.0 Å². The molecule has 0 aromatic rings. The van der Waals surface area contributed by atoms with Crippen LogP contribution in [0.3, 0.4) is 0 Å². The van der Waals surface area contributed by atoms with Gasteiger partial charge in [0.25, 0.3) is 0 Å². The molecule has 4 saturated carbocycles. The Kier molecular flexibility index (Phi) is 5.01. The second-order valence-electron chi connectivity index (χ2n) is 14.3. The number of carboxylic acids is 1. The average molecular weight is 455 g/mol. The van der Waals surface area contributed by atoms with Gasteiger partial charge in [0.1, 0.15) is 0 Å². The lowest BCUT2D eigenvalue weighted by Crippen LogP contribution is -2.64. The fourth-order valence-corrected chi connectivity index (χ4v) is 10.5. The van der Waals surface area contributed by atoms with E-state index in [1.165, 1.54) is 18.4 Å². The van der Waals surface area contributed by atoms with Gasteiger partial charge in [-0.3, -0.25) is 4.79 Å². The molecular formula is C30H46O3. The quantitative estimate of drug-likeness (QED) is 0.419. The molecule has 5 aliphatic rings. The van der Waals surface area contributed by atoms with Crippen molar-refractivity contribution in [3.63, 3.8) is 0 Å². The predicted molar refractivity (Wildman–Crippen MR) is 133 cm³/mol. The van der Waals surface area contributed by atoms with Gasteiger partial charge in [0.05, 0.1) is 11.5 Å². The lowest BCUT2D eigenvalue weighted by molar-refractivity contribution is -0.182. The van der Waals surface area contributed by atoms with Gasteiger partial charge in [0.2, 0.25) is 0 Å². The first-order valence-electron chi connectivity index (χ1n) is 13.5. The van der Waals surface area contributed by atoms with E-state index in [2.05, 4.69) is 54.2 Å². The van der Waals surface area contributed by atoms with E-state index in [0.717, 1.165) is 50.5 Å². The van der Waals surface area contributed by atoms with Gasteiger partial charge in [-0.15, -0.1) is 0 Å². The number of allylic oxidation sites excluding steroid dienone is 2. The highest BCUT2D eigenvalue weighted by molar-refractivity contribution is 5.80. The number of hydrogen-bond donors (Lipinski definition) is 2. The van der Waals surface area contributed by atoms with Gasteiger partial charge < -0.3 is 10.2 Å². The van der Waals surface area contributed by atoms with Crippen LogP contribution >= 0.6 is 0 Å². The number of aliphatic hydroxyl groups is 1. The van der Waals surface area contributed by atoms with Crippen molar-refractivity contribution in [1.29, 1.82) is 0 Å². The van der Waals surface area contributed by atoms with Gasteiger partial charge >= 0.3 is 5.97 Å². The summed E-state index contributed by atoms with van der Waals surface area (Å²) in [5, 5.41) is 21.2. The predicted octanol–water partition coefficient (Wildman–Crippen LogP) is 7.01. The summed E-state index contributed by atoms with van der Waals surface area (Å²) in [6.45, 7) is 18.8. The normalized spacial score (nSPS) is 53.1. The molecule has 33 heavy (non-hydrogen) atoms. The van der Waals surface area contributed by atoms with Crippen LogP contribution in [0.5, 0.6) is 0 Å². The standard InChI is InChI=1S/C30H46O3/c1-18-16-26(3,4)17-22-21-8-9-24-27(5)12-11-23(31)19(2)20(27)10-13-29(24,7)28(21,6)14-15-30(18,22)25(32)33/h8,19-20,22-24,31H,1,9-17H2,2-7H3,(H,32,33). The smallest absolute Gasteiger partial charge is 0.314 e. The summed E-state index contributed by atoms with van der Waals surface area (Å²) >= 11 is 0. The van der Waals surface area contributed by atoms with Gasteiger partial charge in [-0.25, -0.2) is 0 Å². The fourth-order valence-electron chi connectivity index (χ4n) is 10.5. The summed E-state index contributed by atoms with van der Waals surface area (Å²) < 4.78 is 0. The summed E-state index contributed by atoms with van der Waals surface area (Å²) in [6.07, 6.45) is 11.3. The first-order chi connectivity index (χ1) is 15.2. The summed E-state index contributed by atoms with van der Waals surface area (Å²) in [7, 11) is 0. The molecule has 3 nitrogen and oxygen atoms in total. The van der Waals surface area contributed by atoms with E-state index >= 15 is 0 Å². The van der Waals surface area contributed by atoms with Crippen molar-refractivity contribution < 1.29 is 15.0 Å². The summed E-state index contributed by atoms with van der Waals surface area (Å²) in [5.74, 6) is 0.993. The fraction of sp³-hybridized carbons (Fsp3) is 0.833.